The standard InChI is InChI=1S/C13H11ClN2O2/c14-11-5-6-15-7-10(11)13(18)9-3-1-2-4-12(9)16-8-17/h1-8,13,18H,(H,16,17). The zero-order chi connectivity index (χ0) is 13.0. The SMILES string of the molecule is O=CNc1ccccc1C(O)c1cnccc1Cl. The quantitative estimate of drug-likeness (QED) is 0.832. The zero-order valence-corrected chi connectivity index (χ0v) is 10.1. The maximum atomic E-state index is 10.5. The first-order valence-electron chi connectivity index (χ1n) is 5.30. The van der Waals surface area contributed by atoms with Gasteiger partial charge in [-0.1, -0.05) is 29.8 Å². The molecular weight excluding hydrogens is 252 g/mol. The molecule has 0 aliphatic heterocycles. The molecule has 0 spiro atoms. The molecule has 92 valence electrons. The van der Waals surface area contributed by atoms with Crippen molar-refractivity contribution in [2.45, 2.75) is 6.10 Å². The molecule has 0 bridgehead atoms. The number of hydrogen-bond acceptors (Lipinski definition) is 3. The Kier molecular flexibility index (Phi) is 3.92. The molecule has 0 radical (unpaired) electrons. The van der Waals surface area contributed by atoms with Crippen molar-refractivity contribution in [2.24, 2.45) is 0 Å². The zero-order valence-electron chi connectivity index (χ0n) is 9.38. The average Bonchev–Trinajstić information content (AvgIpc) is 2.40. The summed E-state index contributed by atoms with van der Waals surface area (Å²) in [6, 6.07) is 8.58. The van der Waals surface area contributed by atoms with Gasteiger partial charge >= 0.3 is 0 Å². The molecular formula is C13H11ClN2O2. The number of carbonyl (C=O) groups is 1. The molecule has 1 amide bonds. The summed E-state index contributed by atoms with van der Waals surface area (Å²) >= 11 is 6.01. The van der Waals surface area contributed by atoms with Crippen LogP contribution in [0.4, 0.5) is 5.69 Å². The molecule has 4 nitrogen and oxygen atoms in total. The summed E-state index contributed by atoms with van der Waals surface area (Å²) in [5, 5.41) is 13.3. The van der Waals surface area contributed by atoms with Crippen LogP contribution in [0, 0.1) is 0 Å². The van der Waals surface area contributed by atoms with Gasteiger partial charge in [0.25, 0.3) is 0 Å². The largest absolute Gasteiger partial charge is 0.383 e. The Morgan fingerprint density at radius 2 is 2.06 bits per heavy atom. The highest BCUT2D eigenvalue weighted by Crippen LogP contribution is 2.31. The molecule has 1 atom stereocenters. The number of para-hydroxylation sites is 1. The third-order valence-corrected chi connectivity index (χ3v) is 2.90. The first-order valence-corrected chi connectivity index (χ1v) is 5.68. The number of aromatic nitrogens is 1. The first kappa shape index (κ1) is 12.5. The number of benzene rings is 1. The van der Waals surface area contributed by atoms with E-state index in [1.54, 1.807) is 36.5 Å². The Morgan fingerprint density at radius 3 is 2.78 bits per heavy atom. The molecule has 0 saturated carbocycles. The summed E-state index contributed by atoms with van der Waals surface area (Å²) in [7, 11) is 0. The van der Waals surface area contributed by atoms with Crippen molar-refractivity contribution in [2.75, 3.05) is 5.32 Å². The Hall–Kier alpha value is -1.91. The normalized spacial score (nSPS) is 11.9. The van der Waals surface area contributed by atoms with Crippen LogP contribution >= 0.6 is 11.6 Å². The van der Waals surface area contributed by atoms with Gasteiger partial charge in [0.1, 0.15) is 6.10 Å². The average molecular weight is 263 g/mol. The Balaban J connectivity index is 2.43. The van der Waals surface area contributed by atoms with Crippen LogP contribution in [-0.4, -0.2) is 16.5 Å². The predicted octanol–water partition coefficient (Wildman–Crippen LogP) is 2.39. The fourth-order valence-electron chi connectivity index (χ4n) is 1.69. The fraction of sp³-hybridized carbons (Fsp3) is 0.0769. The first-order chi connectivity index (χ1) is 8.74. The van der Waals surface area contributed by atoms with Gasteiger partial charge in [0.2, 0.25) is 6.41 Å². The van der Waals surface area contributed by atoms with E-state index >= 15 is 0 Å². The number of pyridine rings is 1. The minimum atomic E-state index is -0.935. The number of nitrogens with zero attached hydrogens (tertiary/aromatic N) is 1. The van der Waals surface area contributed by atoms with Crippen LogP contribution in [-0.2, 0) is 4.79 Å². The summed E-state index contributed by atoms with van der Waals surface area (Å²) in [5.41, 5.74) is 1.61. The lowest BCUT2D eigenvalue weighted by molar-refractivity contribution is -0.105. The van der Waals surface area contributed by atoms with E-state index in [2.05, 4.69) is 10.3 Å². The maximum Gasteiger partial charge on any atom is 0.211 e. The monoisotopic (exact) mass is 262 g/mol. The number of aliphatic hydroxyl groups excluding tert-OH is 1. The van der Waals surface area contributed by atoms with Gasteiger partial charge in [-0.2, -0.15) is 0 Å². The summed E-state index contributed by atoms with van der Waals surface area (Å²) in [5.74, 6) is 0. The molecule has 2 rings (SSSR count). The second kappa shape index (κ2) is 5.62. The van der Waals surface area contributed by atoms with Crippen molar-refractivity contribution in [1.82, 2.24) is 4.98 Å². The number of amides is 1. The molecule has 0 aliphatic carbocycles. The lowest BCUT2D eigenvalue weighted by atomic mass is 10.0. The van der Waals surface area contributed by atoms with Gasteiger partial charge in [-0.05, 0) is 12.1 Å². The van der Waals surface area contributed by atoms with Crippen LogP contribution in [0.25, 0.3) is 0 Å². The Bertz CT molecular complexity index is 560. The second-order valence-corrected chi connectivity index (χ2v) is 4.06. The molecule has 1 aromatic heterocycles. The summed E-state index contributed by atoms with van der Waals surface area (Å²) < 4.78 is 0. The number of nitrogens with one attached hydrogen (secondary N) is 1. The van der Waals surface area contributed by atoms with E-state index in [0.717, 1.165) is 0 Å². The van der Waals surface area contributed by atoms with Crippen LogP contribution in [0.3, 0.4) is 0 Å². The Morgan fingerprint density at radius 1 is 1.28 bits per heavy atom. The lowest BCUT2D eigenvalue weighted by Gasteiger charge is -2.15. The molecule has 18 heavy (non-hydrogen) atoms. The molecule has 2 N–H and O–H groups in total. The highest BCUT2D eigenvalue weighted by Gasteiger charge is 2.16. The van der Waals surface area contributed by atoms with Gasteiger partial charge in [0.15, 0.2) is 0 Å². The van der Waals surface area contributed by atoms with E-state index in [4.69, 9.17) is 11.6 Å². The molecule has 1 unspecified atom stereocenters. The fourth-order valence-corrected chi connectivity index (χ4v) is 1.90. The maximum absolute atomic E-state index is 10.5. The van der Waals surface area contributed by atoms with Crippen LogP contribution in [0.5, 0.6) is 0 Å². The van der Waals surface area contributed by atoms with Crippen molar-refractivity contribution in [3.63, 3.8) is 0 Å². The summed E-state index contributed by atoms with van der Waals surface area (Å²) in [4.78, 5) is 14.5. The highest BCUT2D eigenvalue weighted by atomic mass is 35.5. The molecule has 1 aromatic carbocycles. The van der Waals surface area contributed by atoms with Crippen LogP contribution in [0.1, 0.15) is 17.2 Å². The number of aliphatic hydroxyl groups is 1. The minimum Gasteiger partial charge on any atom is -0.383 e. The number of hydrogen-bond donors (Lipinski definition) is 2. The topological polar surface area (TPSA) is 62.2 Å². The van der Waals surface area contributed by atoms with Crippen molar-refractivity contribution >= 4 is 23.7 Å². The number of rotatable bonds is 4. The van der Waals surface area contributed by atoms with Crippen LogP contribution < -0.4 is 5.32 Å². The number of halogens is 1. The molecule has 1 heterocycles. The summed E-state index contributed by atoms with van der Waals surface area (Å²) in [6.07, 6.45) is 2.68. The second-order valence-electron chi connectivity index (χ2n) is 3.65. The van der Waals surface area contributed by atoms with Gasteiger partial charge in [-0.25, -0.2) is 0 Å². The molecule has 0 aliphatic rings. The third-order valence-electron chi connectivity index (χ3n) is 2.56. The number of anilines is 1. The molecule has 0 fully saturated rings. The van der Waals surface area contributed by atoms with Gasteiger partial charge in [0.05, 0.1) is 0 Å². The summed E-state index contributed by atoms with van der Waals surface area (Å²) in [6.45, 7) is 0. The van der Waals surface area contributed by atoms with Crippen LogP contribution in [0.2, 0.25) is 5.02 Å². The van der Waals surface area contributed by atoms with E-state index in [9.17, 15) is 9.90 Å². The van der Waals surface area contributed by atoms with E-state index in [1.807, 2.05) is 0 Å². The van der Waals surface area contributed by atoms with Crippen molar-refractivity contribution in [1.29, 1.82) is 0 Å². The van der Waals surface area contributed by atoms with Gasteiger partial charge in [-0.3, -0.25) is 9.78 Å². The highest BCUT2D eigenvalue weighted by molar-refractivity contribution is 6.31. The van der Waals surface area contributed by atoms with E-state index in [1.165, 1.54) is 6.20 Å². The lowest BCUT2D eigenvalue weighted by Crippen LogP contribution is -2.06. The van der Waals surface area contributed by atoms with E-state index in [-0.39, 0.29) is 0 Å². The predicted molar refractivity (Wildman–Crippen MR) is 69.4 cm³/mol. The Labute approximate surface area is 109 Å². The smallest absolute Gasteiger partial charge is 0.211 e. The van der Waals surface area contributed by atoms with Gasteiger partial charge in [-0.15, -0.1) is 0 Å². The van der Waals surface area contributed by atoms with Gasteiger partial charge in [0, 0.05) is 34.2 Å². The van der Waals surface area contributed by atoms with Gasteiger partial charge < -0.3 is 10.4 Å². The van der Waals surface area contributed by atoms with Crippen molar-refractivity contribution in [3.05, 3.63) is 58.9 Å². The number of carbonyl (C=O) groups excluding carboxylic acids is 1. The molecule has 5 heteroatoms. The van der Waals surface area contributed by atoms with E-state index < -0.39 is 6.10 Å². The third kappa shape index (κ3) is 2.50. The minimum absolute atomic E-state index is 0.429. The molecule has 2 aromatic rings. The van der Waals surface area contributed by atoms with Crippen molar-refractivity contribution in [3.8, 4) is 0 Å². The van der Waals surface area contributed by atoms with Crippen LogP contribution in [0.15, 0.2) is 42.7 Å². The molecule has 0 saturated heterocycles. The van der Waals surface area contributed by atoms with Crippen molar-refractivity contribution < 1.29 is 9.90 Å². The van der Waals surface area contributed by atoms with E-state index in [0.29, 0.717) is 28.2 Å².